The van der Waals surface area contributed by atoms with Gasteiger partial charge in [0.05, 0.1) is 10.4 Å². The largest absolute Gasteiger partial charge is 0.435 e. The molecule has 0 radical (unpaired) electrons. The summed E-state index contributed by atoms with van der Waals surface area (Å²) in [6.45, 7) is 6.17. The molecule has 2 aromatic heterocycles. The predicted octanol–water partition coefficient (Wildman–Crippen LogP) is 5.27. The smallest absolute Gasteiger partial charge is 0.285 e. The molecular formula is C22H20F3N5OS. The highest BCUT2D eigenvalue weighted by Gasteiger charge is 2.35. The second kappa shape index (κ2) is 8.01. The van der Waals surface area contributed by atoms with Gasteiger partial charge in [-0.05, 0) is 35.2 Å². The van der Waals surface area contributed by atoms with Crippen molar-refractivity contribution >= 4 is 27.7 Å². The van der Waals surface area contributed by atoms with Gasteiger partial charge < -0.3 is 0 Å². The molecule has 1 unspecified atom stereocenters. The van der Waals surface area contributed by atoms with E-state index < -0.39 is 22.9 Å². The molecule has 1 atom stereocenters. The number of hydrogen-bond donors (Lipinski definition) is 1. The lowest BCUT2D eigenvalue weighted by Gasteiger charge is -2.19. The van der Waals surface area contributed by atoms with E-state index in [1.165, 1.54) is 6.33 Å². The molecule has 0 aliphatic heterocycles. The van der Waals surface area contributed by atoms with Crippen molar-refractivity contribution < 1.29 is 17.4 Å². The van der Waals surface area contributed by atoms with Gasteiger partial charge in [0, 0.05) is 11.5 Å². The van der Waals surface area contributed by atoms with Crippen LogP contribution in [0.5, 0.6) is 0 Å². The van der Waals surface area contributed by atoms with E-state index in [2.05, 4.69) is 40.6 Å². The molecule has 0 fully saturated rings. The topological polar surface area (TPSA) is 72.7 Å². The van der Waals surface area contributed by atoms with Crippen LogP contribution in [0.1, 0.15) is 32.0 Å². The normalized spacial score (nSPS) is 13.3. The lowest BCUT2D eigenvalue weighted by atomic mass is 9.87. The van der Waals surface area contributed by atoms with E-state index in [1.54, 1.807) is 36.4 Å². The Hall–Kier alpha value is -3.27. The molecule has 166 valence electrons. The second-order valence-electron chi connectivity index (χ2n) is 8.18. The van der Waals surface area contributed by atoms with Crippen molar-refractivity contribution in [1.82, 2.24) is 19.7 Å². The van der Waals surface area contributed by atoms with Crippen LogP contribution in [0, 0.1) is 0 Å². The number of alkyl halides is 3. The summed E-state index contributed by atoms with van der Waals surface area (Å²) in [4.78, 5) is 8.69. The van der Waals surface area contributed by atoms with Gasteiger partial charge in [0.2, 0.25) is 0 Å². The lowest BCUT2D eigenvalue weighted by molar-refractivity contribution is -0.141. The van der Waals surface area contributed by atoms with Crippen LogP contribution < -0.4 is 4.72 Å². The number of benzene rings is 2. The Kier molecular flexibility index (Phi) is 5.49. The second-order valence-corrected chi connectivity index (χ2v) is 9.40. The van der Waals surface area contributed by atoms with Crippen molar-refractivity contribution in [3.63, 3.8) is 0 Å². The first-order valence-corrected chi connectivity index (χ1v) is 10.9. The molecule has 0 amide bonds. The third-order valence-corrected chi connectivity index (χ3v) is 5.95. The van der Waals surface area contributed by atoms with E-state index >= 15 is 0 Å². The summed E-state index contributed by atoms with van der Waals surface area (Å²) >= 11 is 0. The maximum absolute atomic E-state index is 13.4. The fourth-order valence-electron chi connectivity index (χ4n) is 3.15. The van der Waals surface area contributed by atoms with Gasteiger partial charge in [0.25, 0.3) is 0 Å². The summed E-state index contributed by atoms with van der Waals surface area (Å²) in [6.07, 6.45) is -3.43. The standard InChI is InChI=1S/C22H20F3N5OS/c1-21(2,3)14-8-10-15(11-9-14)32(31)29-19-12-18(22(23,24)25)28-30(19)20-16-6-4-5-7-17(16)26-13-27-20/h4-13,29H,1-3H3. The molecule has 32 heavy (non-hydrogen) atoms. The van der Waals surface area contributed by atoms with Crippen LogP contribution in [0.3, 0.4) is 0 Å². The Morgan fingerprint density at radius 3 is 2.31 bits per heavy atom. The number of anilines is 1. The number of rotatable bonds is 4. The Balaban J connectivity index is 1.75. The summed E-state index contributed by atoms with van der Waals surface area (Å²) in [6, 6.07) is 14.8. The summed E-state index contributed by atoms with van der Waals surface area (Å²) in [5.74, 6) is 0.0492. The van der Waals surface area contributed by atoms with Crippen molar-refractivity contribution in [2.75, 3.05) is 4.72 Å². The molecule has 0 bridgehead atoms. The molecule has 4 rings (SSSR count). The van der Waals surface area contributed by atoms with E-state index in [0.717, 1.165) is 16.3 Å². The maximum atomic E-state index is 13.4. The minimum atomic E-state index is -4.68. The van der Waals surface area contributed by atoms with Crippen LogP contribution >= 0.6 is 0 Å². The van der Waals surface area contributed by atoms with Gasteiger partial charge >= 0.3 is 6.18 Å². The van der Waals surface area contributed by atoms with Crippen molar-refractivity contribution in [1.29, 1.82) is 0 Å². The third-order valence-electron chi connectivity index (χ3n) is 4.85. The molecule has 0 spiro atoms. The third kappa shape index (κ3) is 4.36. The van der Waals surface area contributed by atoms with Gasteiger partial charge in [-0.1, -0.05) is 45.0 Å². The Morgan fingerprint density at radius 1 is 0.969 bits per heavy atom. The van der Waals surface area contributed by atoms with E-state index in [4.69, 9.17) is 0 Å². The maximum Gasteiger partial charge on any atom is 0.435 e. The summed E-state index contributed by atoms with van der Waals surface area (Å²) in [5, 5.41) is 4.21. The Labute approximate surface area is 185 Å². The zero-order chi connectivity index (χ0) is 23.1. The number of fused-ring (bicyclic) bond motifs is 1. The van der Waals surface area contributed by atoms with E-state index in [1.807, 2.05) is 12.1 Å². The molecule has 2 heterocycles. The molecule has 0 saturated heterocycles. The van der Waals surface area contributed by atoms with Gasteiger partial charge in [-0.15, -0.1) is 0 Å². The van der Waals surface area contributed by atoms with Crippen molar-refractivity contribution in [2.24, 2.45) is 0 Å². The van der Waals surface area contributed by atoms with Crippen LogP contribution in [0.15, 0.2) is 65.8 Å². The number of para-hydroxylation sites is 1. The fourth-order valence-corrected chi connectivity index (χ4v) is 3.98. The van der Waals surface area contributed by atoms with E-state index in [-0.39, 0.29) is 17.1 Å². The van der Waals surface area contributed by atoms with Crippen LogP contribution in [0.2, 0.25) is 0 Å². The number of nitrogens with one attached hydrogen (secondary N) is 1. The molecule has 10 heteroatoms. The number of halogens is 3. The fraction of sp³-hybridized carbons (Fsp3) is 0.227. The zero-order valence-electron chi connectivity index (χ0n) is 17.5. The van der Waals surface area contributed by atoms with Gasteiger partial charge in [-0.3, -0.25) is 4.72 Å². The van der Waals surface area contributed by atoms with Gasteiger partial charge in [0.15, 0.2) is 22.5 Å². The molecular weight excluding hydrogens is 439 g/mol. The van der Waals surface area contributed by atoms with E-state index in [0.29, 0.717) is 15.8 Å². The number of hydrogen-bond acceptors (Lipinski definition) is 4. The summed E-state index contributed by atoms with van der Waals surface area (Å²) in [7, 11) is -1.82. The van der Waals surface area contributed by atoms with Crippen molar-refractivity contribution in [3.05, 3.63) is 72.2 Å². The molecule has 1 N–H and O–H groups in total. The molecule has 0 aliphatic rings. The molecule has 6 nitrogen and oxygen atoms in total. The summed E-state index contributed by atoms with van der Waals surface area (Å²) in [5.41, 5.74) is 0.395. The first-order chi connectivity index (χ1) is 15.0. The van der Waals surface area contributed by atoms with Crippen LogP contribution in [-0.4, -0.2) is 24.0 Å². The van der Waals surface area contributed by atoms with Crippen LogP contribution in [0.4, 0.5) is 19.0 Å². The van der Waals surface area contributed by atoms with Crippen molar-refractivity contribution in [2.45, 2.75) is 37.3 Å². The molecule has 0 aliphatic carbocycles. The number of aromatic nitrogens is 4. The first kappa shape index (κ1) is 21.9. The average Bonchev–Trinajstić information content (AvgIpc) is 3.17. The Bertz CT molecular complexity index is 1290. The zero-order valence-corrected chi connectivity index (χ0v) is 18.3. The highest BCUT2D eigenvalue weighted by Crippen LogP contribution is 2.32. The highest BCUT2D eigenvalue weighted by atomic mass is 32.2. The Morgan fingerprint density at radius 2 is 1.66 bits per heavy atom. The monoisotopic (exact) mass is 459 g/mol. The SMILES string of the molecule is CC(C)(C)c1ccc(S(=O)Nc2cc(C(F)(F)F)nn2-c2ncnc3ccccc23)cc1. The lowest BCUT2D eigenvalue weighted by Crippen LogP contribution is -2.13. The van der Waals surface area contributed by atoms with Crippen LogP contribution in [0.25, 0.3) is 16.7 Å². The first-order valence-electron chi connectivity index (χ1n) is 9.70. The highest BCUT2D eigenvalue weighted by molar-refractivity contribution is 7.86. The van der Waals surface area contributed by atoms with Crippen molar-refractivity contribution in [3.8, 4) is 5.82 Å². The van der Waals surface area contributed by atoms with Crippen LogP contribution in [-0.2, 0) is 22.6 Å². The predicted molar refractivity (Wildman–Crippen MR) is 117 cm³/mol. The minimum absolute atomic E-state index is 0.0816. The minimum Gasteiger partial charge on any atom is -0.285 e. The van der Waals surface area contributed by atoms with Gasteiger partial charge in [-0.25, -0.2) is 14.2 Å². The molecule has 0 saturated carbocycles. The molecule has 4 aromatic rings. The van der Waals surface area contributed by atoms with E-state index in [9.17, 15) is 17.4 Å². The average molecular weight is 459 g/mol. The molecule has 2 aromatic carbocycles. The number of nitrogens with zero attached hydrogens (tertiary/aromatic N) is 4. The van der Waals surface area contributed by atoms with Gasteiger partial charge in [0.1, 0.15) is 12.1 Å². The summed E-state index contributed by atoms with van der Waals surface area (Å²) < 4.78 is 56.8. The van der Waals surface area contributed by atoms with Gasteiger partial charge in [-0.2, -0.15) is 23.0 Å². The quantitative estimate of drug-likeness (QED) is 0.452.